The van der Waals surface area contributed by atoms with Crippen LogP contribution in [0, 0.1) is 5.92 Å². The zero-order valence-electron chi connectivity index (χ0n) is 11.9. The van der Waals surface area contributed by atoms with Gasteiger partial charge in [-0.15, -0.1) is 0 Å². The summed E-state index contributed by atoms with van der Waals surface area (Å²) in [6.45, 7) is 1.53. The predicted octanol–water partition coefficient (Wildman–Crippen LogP) is 2.00. The monoisotopic (exact) mass is 323 g/mol. The highest BCUT2D eigenvalue weighted by Crippen LogP contribution is 2.25. The second kappa shape index (κ2) is 7.28. The second-order valence-electron chi connectivity index (χ2n) is 4.73. The summed E-state index contributed by atoms with van der Waals surface area (Å²) in [6.07, 6.45) is -4.85. The highest BCUT2D eigenvalue weighted by molar-refractivity contribution is 6.19. The van der Waals surface area contributed by atoms with Crippen LogP contribution in [-0.4, -0.2) is 53.7 Å². The molecule has 0 aliphatic carbocycles. The van der Waals surface area contributed by atoms with E-state index in [0.29, 0.717) is 0 Å². The maximum absolute atomic E-state index is 12.5. The van der Waals surface area contributed by atoms with Crippen LogP contribution in [0.4, 0.5) is 18.0 Å². The molecule has 0 radical (unpaired) electrons. The number of allylic oxidation sites excluding steroid dienone is 1. The summed E-state index contributed by atoms with van der Waals surface area (Å²) in [6, 6.07) is 0. The first kappa shape index (κ1) is 18.0. The fourth-order valence-corrected chi connectivity index (χ4v) is 2.09. The molecule has 0 atom stereocenters. The zero-order chi connectivity index (χ0) is 16.9. The quantitative estimate of drug-likeness (QED) is 0.370. The first-order chi connectivity index (χ1) is 10.2. The molecule has 1 fully saturated rings. The standard InChI is InChI=1S/C13H16F3NO5/c1-2-22-11(19)9(10(18)13(14,15)16)7-8-3-5-17(6-4-8)12(20)21/h7-8H,2-6H2,1H3,(H,20,21)/b9-7+. The molecule has 0 aromatic carbocycles. The first-order valence-corrected chi connectivity index (χ1v) is 6.65. The van der Waals surface area contributed by atoms with Crippen molar-refractivity contribution < 1.29 is 37.4 Å². The van der Waals surface area contributed by atoms with Gasteiger partial charge in [-0.05, 0) is 25.7 Å². The summed E-state index contributed by atoms with van der Waals surface area (Å²) in [5.41, 5.74) is -1.04. The number of hydrogen-bond acceptors (Lipinski definition) is 4. The van der Waals surface area contributed by atoms with Crippen LogP contribution in [0.25, 0.3) is 0 Å². The third kappa shape index (κ3) is 4.74. The molecular formula is C13H16F3NO5. The Bertz CT molecular complexity index is 479. The summed E-state index contributed by atoms with van der Waals surface area (Å²) in [5, 5.41) is 8.79. The lowest BCUT2D eigenvalue weighted by Gasteiger charge is -2.28. The second-order valence-corrected chi connectivity index (χ2v) is 4.73. The highest BCUT2D eigenvalue weighted by Gasteiger charge is 2.43. The van der Waals surface area contributed by atoms with Gasteiger partial charge in [0.1, 0.15) is 5.57 Å². The van der Waals surface area contributed by atoms with E-state index in [4.69, 9.17) is 5.11 Å². The number of piperidine rings is 1. The average Bonchev–Trinajstić information content (AvgIpc) is 2.43. The van der Waals surface area contributed by atoms with Crippen molar-refractivity contribution in [2.45, 2.75) is 25.9 Å². The van der Waals surface area contributed by atoms with E-state index in [9.17, 15) is 27.6 Å². The number of nitrogens with zero attached hydrogens (tertiary/aromatic N) is 1. The third-order valence-electron chi connectivity index (χ3n) is 3.21. The van der Waals surface area contributed by atoms with Crippen molar-refractivity contribution in [2.75, 3.05) is 19.7 Å². The van der Waals surface area contributed by atoms with Gasteiger partial charge in [-0.25, -0.2) is 9.59 Å². The van der Waals surface area contributed by atoms with Crippen LogP contribution in [0.3, 0.4) is 0 Å². The average molecular weight is 323 g/mol. The van der Waals surface area contributed by atoms with E-state index >= 15 is 0 Å². The summed E-state index contributed by atoms with van der Waals surface area (Å²) in [5.74, 6) is -4.04. The van der Waals surface area contributed by atoms with Gasteiger partial charge in [-0.1, -0.05) is 6.08 Å². The fourth-order valence-electron chi connectivity index (χ4n) is 2.09. The normalized spacial score (nSPS) is 17.3. The molecule has 0 spiro atoms. The number of carbonyl (C=O) groups is 3. The lowest BCUT2D eigenvalue weighted by molar-refractivity contribution is -0.168. The predicted molar refractivity (Wildman–Crippen MR) is 68.1 cm³/mol. The largest absolute Gasteiger partial charge is 0.465 e. The number of ketones is 1. The number of halogens is 3. The lowest BCUT2D eigenvalue weighted by atomic mass is 9.93. The molecule has 0 bridgehead atoms. The number of hydrogen-bond donors (Lipinski definition) is 1. The Kier molecular flexibility index (Phi) is 5.95. The van der Waals surface area contributed by atoms with E-state index in [1.165, 1.54) is 6.92 Å². The van der Waals surface area contributed by atoms with Gasteiger partial charge in [-0.3, -0.25) is 4.79 Å². The van der Waals surface area contributed by atoms with Gasteiger partial charge in [-0.2, -0.15) is 13.2 Å². The van der Waals surface area contributed by atoms with Gasteiger partial charge in [0.25, 0.3) is 5.78 Å². The molecule has 0 unspecified atom stereocenters. The SMILES string of the molecule is CCOC(=O)/C(=C/C1CCN(C(=O)O)CC1)C(=O)C(F)(F)F. The van der Waals surface area contributed by atoms with Crippen molar-refractivity contribution in [2.24, 2.45) is 5.92 Å². The topological polar surface area (TPSA) is 83.9 Å². The molecule has 0 aromatic heterocycles. The van der Waals surface area contributed by atoms with E-state index in [1.54, 1.807) is 0 Å². The smallest absolute Gasteiger partial charge is 0.455 e. The van der Waals surface area contributed by atoms with Crippen molar-refractivity contribution in [1.82, 2.24) is 4.90 Å². The van der Waals surface area contributed by atoms with Crippen LogP contribution in [0.5, 0.6) is 0 Å². The van der Waals surface area contributed by atoms with Crippen molar-refractivity contribution in [3.63, 3.8) is 0 Å². The van der Waals surface area contributed by atoms with Gasteiger partial charge in [0.2, 0.25) is 0 Å². The van der Waals surface area contributed by atoms with Crippen LogP contribution in [0.15, 0.2) is 11.6 Å². The molecule has 0 saturated carbocycles. The number of alkyl halides is 3. The number of amides is 1. The van der Waals surface area contributed by atoms with Crippen LogP contribution in [0.1, 0.15) is 19.8 Å². The number of esters is 1. The minimum Gasteiger partial charge on any atom is -0.465 e. The molecule has 1 rings (SSSR count). The maximum atomic E-state index is 12.5. The Morgan fingerprint density at radius 3 is 2.23 bits per heavy atom. The molecule has 1 N–H and O–H groups in total. The van der Waals surface area contributed by atoms with Crippen LogP contribution in [-0.2, 0) is 14.3 Å². The van der Waals surface area contributed by atoms with Crippen molar-refractivity contribution in [3.8, 4) is 0 Å². The third-order valence-corrected chi connectivity index (χ3v) is 3.21. The van der Waals surface area contributed by atoms with Gasteiger partial charge < -0.3 is 14.7 Å². The molecule has 0 aromatic rings. The summed E-state index contributed by atoms with van der Waals surface area (Å²) >= 11 is 0. The Morgan fingerprint density at radius 2 is 1.82 bits per heavy atom. The van der Waals surface area contributed by atoms with Crippen molar-refractivity contribution >= 4 is 17.8 Å². The van der Waals surface area contributed by atoms with Gasteiger partial charge in [0, 0.05) is 13.1 Å². The molecule has 1 saturated heterocycles. The Morgan fingerprint density at radius 1 is 1.27 bits per heavy atom. The number of Topliss-reactive ketones (excluding diaryl/α,β-unsaturated/α-hetero) is 1. The lowest BCUT2D eigenvalue weighted by Crippen LogP contribution is -2.37. The summed E-state index contributed by atoms with van der Waals surface area (Å²) < 4.78 is 42.1. The van der Waals surface area contributed by atoms with E-state index in [0.717, 1.165) is 11.0 Å². The molecule has 22 heavy (non-hydrogen) atoms. The Balaban J connectivity index is 2.90. The zero-order valence-corrected chi connectivity index (χ0v) is 11.9. The Labute approximate surface area is 124 Å². The molecule has 1 aliphatic heterocycles. The number of likely N-dealkylation sites (tertiary alicyclic amines) is 1. The summed E-state index contributed by atoms with van der Waals surface area (Å²) in [7, 11) is 0. The first-order valence-electron chi connectivity index (χ1n) is 6.65. The van der Waals surface area contributed by atoms with Crippen LogP contribution >= 0.6 is 0 Å². The number of carbonyl (C=O) groups excluding carboxylic acids is 2. The number of carboxylic acid groups (broad SMARTS) is 1. The minimum atomic E-state index is -5.17. The van der Waals surface area contributed by atoms with E-state index < -0.39 is 35.5 Å². The van der Waals surface area contributed by atoms with E-state index in [-0.39, 0.29) is 32.5 Å². The molecule has 124 valence electrons. The van der Waals surface area contributed by atoms with Gasteiger partial charge >= 0.3 is 18.2 Å². The van der Waals surface area contributed by atoms with E-state index in [2.05, 4.69) is 4.74 Å². The highest BCUT2D eigenvalue weighted by atomic mass is 19.4. The molecule has 9 heteroatoms. The molecule has 1 amide bonds. The van der Waals surface area contributed by atoms with E-state index in [1.807, 2.05) is 0 Å². The molecular weight excluding hydrogens is 307 g/mol. The van der Waals surface area contributed by atoms with Crippen molar-refractivity contribution in [3.05, 3.63) is 11.6 Å². The summed E-state index contributed by atoms with van der Waals surface area (Å²) in [4.78, 5) is 34.8. The molecule has 6 nitrogen and oxygen atoms in total. The molecule has 1 aliphatic rings. The number of rotatable bonds is 4. The van der Waals surface area contributed by atoms with Crippen molar-refractivity contribution in [1.29, 1.82) is 0 Å². The Hall–Kier alpha value is -2.06. The fraction of sp³-hybridized carbons (Fsp3) is 0.615. The van der Waals surface area contributed by atoms with Crippen LogP contribution in [0.2, 0.25) is 0 Å². The van der Waals surface area contributed by atoms with Gasteiger partial charge in [0.05, 0.1) is 6.61 Å². The molecule has 1 heterocycles. The van der Waals surface area contributed by atoms with Gasteiger partial charge in [0.15, 0.2) is 0 Å². The maximum Gasteiger partial charge on any atom is 0.455 e. The number of ether oxygens (including phenoxy) is 1. The minimum absolute atomic E-state index is 0.132. The van der Waals surface area contributed by atoms with Crippen LogP contribution < -0.4 is 0 Å².